The van der Waals surface area contributed by atoms with Crippen LogP contribution >= 0.6 is 23.2 Å². The van der Waals surface area contributed by atoms with E-state index in [4.69, 9.17) is 23.2 Å². The Morgan fingerprint density at radius 3 is 2.71 bits per heavy atom. The van der Waals surface area contributed by atoms with E-state index < -0.39 is 0 Å². The highest BCUT2D eigenvalue weighted by Gasteiger charge is 2.23. The number of aromatic nitrogens is 1. The van der Waals surface area contributed by atoms with Crippen LogP contribution in [0.1, 0.15) is 23.2 Å². The topological polar surface area (TPSA) is 45.2 Å². The second-order valence-corrected chi connectivity index (χ2v) is 7.61. The number of fused-ring (bicyclic) bond motifs is 1. The van der Waals surface area contributed by atoms with Gasteiger partial charge in [-0.2, -0.15) is 0 Å². The number of carbonyl (C=O) groups is 1. The first-order chi connectivity index (χ1) is 13.5. The highest BCUT2D eigenvalue weighted by molar-refractivity contribution is 6.43. The molecule has 4 rings (SSSR count). The number of rotatable bonds is 3. The average Bonchev–Trinajstić information content (AvgIpc) is 2.70. The van der Waals surface area contributed by atoms with Gasteiger partial charge in [-0.15, -0.1) is 0 Å². The molecule has 144 valence electrons. The maximum absolute atomic E-state index is 13.5. The van der Waals surface area contributed by atoms with Gasteiger partial charge in [0.2, 0.25) is 0 Å². The van der Waals surface area contributed by atoms with Crippen LogP contribution in [0, 0.1) is 5.82 Å². The molecule has 4 nitrogen and oxygen atoms in total. The lowest BCUT2D eigenvalue weighted by Crippen LogP contribution is -2.44. The van der Waals surface area contributed by atoms with Crippen molar-refractivity contribution in [2.45, 2.75) is 18.9 Å². The van der Waals surface area contributed by atoms with E-state index in [9.17, 15) is 9.18 Å². The highest BCUT2D eigenvalue weighted by Crippen LogP contribution is 2.29. The number of piperidine rings is 1. The van der Waals surface area contributed by atoms with Gasteiger partial charge in [-0.3, -0.25) is 9.78 Å². The summed E-state index contributed by atoms with van der Waals surface area (Å²) in [5, 5.41) is 4.62. The van der Waals surface area contributed by atoms with Crippen LogP contribution in [0.15, 0.2) is 48.7 Å². The van der Waals surface area contributed by atoms with Crippen LogP contribution in [0.2, 0.25) is 10.0 Å². The summed E-state index contributed by atoms with van der Waals surface area (Å²) in [4.78, 5) is 19.0. The van der Waals surface area contributed by atoms with Crippen LogP contribution in [-0.4, -0.2) is 30.0 Å². The molecule has 0 spiro atoms. The molecule has 3 aromatic rings. The van der Waals surface area contributed by atoms with Crippen LogP contribution in [0.4, 0.5) is 10.1 Å². The molecule has 1 aliphatic heterocycles. The Morgan fingerprint density at radius 1 is 1.14 bits per heavy atom. The number of anilines is 1. The number of carbonyl (C=O) groups excluding carboxylic acids is 1. The Balaban J connectivity index is 1.44. The third-order valence-corrected chi connectivity index (χ3v) is 5.87. The van der Waals surface area contributed by atoms with Gasteiger partial charge in [-0.05, 0) is 43.2 Å². The Bertz CT molecular complexity index is 1040. The molecule has 28 heavy (non-hydrogen) atoms. The molecule has 0 atom stereocenters. The van der Waals surface area contributed by atoms with E-state index >= 15 is 0 Å². The SMILES string of the molecule is O=C(NC1CCN(c2ccnc3cc(F)ccc23)CC1)c1cccc(Cl)c1Cl. The molecule has 1 N–H and O–H groups in total. The zero-order valence-electron chi connectivity index (χ0n) is 15.0. The molecule has 1 aromatic heterocycles. The van der Waals surface area contributed by atoms with Crippen LogP contribution < -0.4 is 10.2 Å². The molecule has 1 fully saturated rings. The van der Waals surface area contributed by atoms with Gasteiger partial charge in [-0.25, -0.2) is 4.39 Å². The van der Waals surface area contributed by atoms with Gasteiger partial charge < -0.3 is 10.2 Å². The summed E-state index contributed by atoms with van der Waals surface area (Å²) in [7, 11) is 0. The van der Waals surface area contributed by atoms with E-state index in [-0.39, 0.29) is 22.8 Å². The van der Waals surface area contributed by atoms with Crippen molar-refractivity contribution in [2.24, 2.45) is 0 Å². The number of benzene rings is 2. The fourth-order valence-electron chi connectivity index (χ4n) is 3.59. The summed E-state index contributed by atoms with van der Waals surface area (Å²) in [6.45, 7) is 1.56. The maximum Gasteiger partial charge on any atom is 0.253 e. The standard InChI is InChI=1S/C21H18Cl2FN3O/c22-17-3-1-2-16(20(17)23)21(28)26-14-7-10-27(11-8-14)19-6-9-25-18-12-13(24)4-5-15(18)19/h1-6,9,12,14H,7-8,10-11H2,(H,26,28). The van der Waals surface area contributed by atoms with E-state index in [0.717, 1.165) is 37.0 Å². The summed E-state index contributed by atoms with van der Waals surface area (Å²) < 4.78 is 13.5. The molecule has 0 aliphatic carbocycles. The zero-order chi connectivity index (χ0) is 19.7. The van der Waals surface area contributed by atoms with Crippen molar-refractivity contribution < 1.29 is 9.18 Å². The summed E-state index contributed by atoms with van der Waals surface area (Å²) in [6, 6.07) is 11.7. The third kappa shape index (κ3) is 3.77. The fourth-order valence-corrected chi connectivity index (χ4v) is 3.98. The van der Waals surface area contributed by atoms with Crippen LogP contribution in [0.25, 0.3) is 10.9 Å². The quantitative estimate of drug-likeness (QED) is 0.645. The highest BCUT2D eigenvalue weighted by atomic mass is 35.5. The Morgan fingerprint density at radius 2 is 1.93 bits per heavy atom. The molecular weight excluding hydrogens is 400 g/mol. The van der Waals surface area contributed by atoms with Crippen LogP contribution in [0.3, 0.4) is 0 Å². The van der Waals surface area contributed by atoms with Gasteiger partial charge in [0.15, 0.2) is 0 Å². The summed E-state index contributed by atoms with van der Waals surface area (Å²) in [6.07, 6.45) is 3.30. The summed E-state index contributed by atoms with van der Waals surface area (Å²) >= 11 is 12.1. The number of nitrogens with zero attached hydrogens (tertiary/aromatic N) is 2. The van der Waals surface area contributed by atoms with Crippen molar-refractivity contribution in [3.05, 3.63) is 70.1 Å². The number of hydrogen-bond donors (Lipinski definition) is 1. The molecule has 0 unspecified atom stereocenters. The minimum Gasteiger partial charge on any atom is -0.371 e. The second-order valence-electron chi connectivity index (χ2n) is 6.83. The fraction of sp³-hybridized carbons (Fsp3) is 0.238. The Kier molecular flexibility index (Phi) is 5.38. The average molecular weight is 418 g/mol. The number of pyridine rings is 1. The van der Waals surface area contributed by atoms with E-state index in [2.05, 4.69) is 15.2 Å². The van der Waals surface area contributed by atoms with Crippen molar-refractivity contribution in [3.8, 4) is 0 Å². The first-order valence-electron chi connectivity index (χ1n) is 9.07. The monoisotopic (exact) mass is 417 g/mol. The lowest BCUT2D eigenvalue weighted by molar-refractivity contribution is 0.0931. The first-order valence-corrected chi connectivity index (χ1v) is 9.82. The largest absolute Gasteiger partial charge is 0.371 e. The maximum atomic E-state index is 13.5. The predicted octanol–water partition coefficient (Wildman–Crippen LogP) is 5.08. The van der Waals surface area contributed by atoms with Crippen LogP contribution in [0.5, 0.6) is 0 Å². The molecule has 1 amide bonds. The lowest BCUT2D eigenvalue weighted by atomic mass is 10.0. The molecule has 0 bridgehead atoms. The number of nitrogens with one attached hydrogen (secondary N) is 1. The molecule has 0 radical (unpaired) electrons. The Hall–Kier alpha value is -2.37. The van der Waals surface area contributed by atoms with E-state index in [0.29, 0.717) is 16.1 Å². The van der Waals surface area contributed by atoms with Crippen molar-refractivity contribution >= 4 is 45.7 Å². The van der Waals surface area contributed by atoms with Crippen molar-refractivity contribution in [1.29, 1.82) is 0 Å². The molecule has 7 heteroatoms. The zero-order valence-corrected chi connectivity index (χ0v) is 16.5. The molecular formula is C21H18Cl2FN3O. The predicted molar refractivity (Wildman–Crippen MR) is 111 cm³/mol. The van der Waals surface area contributed by atoms with Gasteiger partial charge in [0, 0.05) is 42.5 Å². The summed E-state index contributed by atoms with van der Waals surface area (Å²) in [5.74, 6) is -0.506. The van der Waals surface area contributed by atoms with Gasteiger partial charge in [0.05, 0.1) is 21.1 Å². The third-order valence-electron chi connectivity index (χ3n) is 5.05. The normalized spacial score (nSPS) is 15.0. The van der Waals surface area contributed by atoms with E-state index in [1.807, 2.05) is 6.07 Å². The minimum atomic E-state index is -0.293. The second kappa shape index (κ2) is 7.94. The molecule has 1 saturated heterocycles. The first kappa shape index (κ1) is 19.0. The van der Waals surface area contributed by atoms with Crippen molar-refractivity contribution in [2.75, 3.05) is 18.0 Å². The van der Waals surface area contributed by atoms with Gasteiger partial charge >= 0.3 is 0 Å². The van der Waals surface area contributed by atoms with Crippen molar-refractivity contribution in [3.63, 3.8) is 0 Å². The molecule has 1 aliphatic rings. The van der Waals surface area contributed by atoms with Gasteiger partial charge in [0.25, 0.3) is 5.91 Å². The number of amides is 1. The number of hydrogen-bond acceptors (Lipinski definition) is 3. The minimum absolute atomic E-state index is 0.0596. The van der Waals surface area contributed by atoms with E-state index in [1.54, 1.807) is 30.5 Å². The lowest BCUT2D eigenvalue weighted by Gasteiger charge is -2.34. The molecule has 2 heterocycles. The van der Waals surface area contributed by atoms with Crippen molar-refractivity contribution in [1.82, 2.24) is 10.3 Å². The van der Waals surface area contributed by atoms with Gasteiger partial charge in [0.1, 0.15) is 5.82 Å². The Labute approximate surface area is 172 Å². The molecule has 2 aromatic carbocycles. The smallest absolute Gasteiger partial charge is 0.253 e. The molecule has 0 saturated carbocycles. The van der Waals surface area contributed by atoms with Crippen LogP contribution in [-0.2, 0) is 0 Å². The van der Waals surface area contributed by atoms with E-state index in [1.165, 1.54) is 12.1 Å². The summed E-state index contributed by atoms with van der Waals surface area (Å²) in [5.41, 5.74) is 2.06. The number of halogens is 3. The van der Waals surface area contributed by atoms with Gasteiger partial charge in [-0.1, -0.05) is 29.3 Å².